The number of carboxylic acids is 1. The van der Waals surface area contributed by atoms with Crippen LogP contribution >= 0.6 is 0 Å². The van der Waals surface area contributed by atoms with Crippen molar-refractivity contribution >= 4 is 11.9 Å². The summed E-state index contributed by atoms with van der Waals surface area (Å²) in [5.41, 5.74) is -0.142. The molecule has 0 aromatic rings. The topological polar surface area (TPSA) is 63.6 Å². The Morgan fingerprint density at radius 3 is 2.17 bits per heavy atom. The number of allylic oxidation sites excluding steroid dienone is 1. The quantitative estimate of drug-likeness (QED) is 0.411. The van der Waals surface area contributed by atoms with Crippen molar-refractivity contribution in [2.45, 2.75) is 45.6 Å². The van der Waals surface area contributed by atoms with Crippen LogP contribution in [0.1, 0.15) is 40.0 Å². The van der Waals surface area contributed by atoms with E-state index in [9.17, 15) is 9.59 Å². The Balaban J connectivity index is 4.94. The summed E-state index contributed by atoms with van der Waals surface area (Å²) in [5, 5.41) is 9.04. The minimum Gasteiger partial charge on any atom is -0.481 e. The summed E-state index contributed by atoms with van der Waals surface area (Å²) in [6.45, 7) is 12.7. The van der Waals surface area contributed by atoms with Gasteiger partial charge in [0.05, 0.1) is 0 Å². The molecule has 0 amide bonds. The zero-order valence-corrected chi connectivity index (χ0v) is 11.4. The number of carboxylic acid groups (broad SMARTS) is 1. The molecule has 0 saturated carbocycles. The first-order valence-electron chi connectivity index (χ1n) is 6.05. The lowest BCUT2D eigenvalue weighted by Gasteiger charge is -2.29. The van der Waals surface area contributed by atoms with Crippen molar-refractivity contribution in [1.29, 1.82) is 0 Å². The number of ether oxygens (including phenoxy) is 1. The first-order chi connectivity index (χ1) is 8.31. The SMILES string of the molecule is C=CC(CC)(CC)OC(=O)C(CC(=C)C)C(=O)O. The predicted molar refractivity (Wildman–Crippen MR) is 70.2 cm³/mol. The van der Waals surface area contributed by atoms with Gasteiger partial charge in [0, 0.05) is 0 Å². The van der Waals surface area contributed by atoms with Crippen LogP contribution in [0.2, 0.25) is 0 Å². The number of hydrogen-bond donors (Lipinski definition) is 1. The molecule has 0 aromatic heterocycles. The standard InChI is InChI=1S/C14H22O4/c1-6-14(7-2,8-3)18-13(17)11(12(15)16)9-10(4)5/h6,11H,1,4,7-9H2,2-3,5H3,(H,15,16). The summed E-state index contributed by atoms with van der Waals surface area (Å²) in [6.07, 6.45) is 2.79. The van der Waals surface area contributed by atoms with E-state index in [1.165, 1.54) is 0 Å². The van der Waals surface area contributed by atoms with E-state index >= 15 is 0 Å². The van der Waals surface area contributed by atoms with Crippen LogP contribution in [-0.2, 0) is 14.3 Å². The lowest BCUT2D eigenvalue weighted by molar-refractivity contribution is -0.167. The number of carbonyl (C=O) groups is 2. The van der Waals surface area contributed by atoms with Gasteiger partial charge in [-0.2, -0.15) is 0 Å². The molecule has 102 valence electrons. The molecule has 0 rings (SSSR count). The fourth-order valence-corrected chi connectivity index (χ4v) is 1.62. The molecule has 0 bridgehead atoms. The van der Waals surface area contributed by atoms with Crippen molar-refractivity contribution in [3.63, 3.8) is 0 Å². The molecule has 0 aromatic carbocycles. The second-order valence-electron chi connectivity index (χ2n) is 4.45. The van der Waals surface area contributed by atoms with Crippen molar-refractivity contribution < 1.29 is 19.4 Å². The summed E-state index contributed by atoms with van der Waals surface area (Å²) in [6, 6.07) is 0. The molecule has 0 fully saturated rings. The second-order valence-corrected chi connectivity index (χ2v) is 4.45. The van der Waals surface area contributed by atoms with Gasteiger partial charge in [-0.15, -0.1) is 6.58 Å². The Hall–Kier alpha value is -1.58. The Morgan fingerprint density at radius 2 is 1.89 bits per heavy atom. The van der Waals surface area contributed by atoms with Crippen molar-refractivity contribution in [1.82, 2.24) is 0 Å². The van der Waals surface area contributed by atoms with E-state index in [4.69, 9.17) is 9.84 Å². The van der Waals surface area contributed by atoms with E-state index in [0.717, 1.165) is 0 Å². The zero-order chi connectivity index (χ0) is 14.3. The molecule has 0 aliphatic carbocycles. The lowest BCUT2D eigenvalue weighted by Crippen LogP contribution is -2.36. The molecule has 0 saturated heterocycles. The Labute approximate surface area is 108 Å². The molecule has 1 N–H and O–H groups in total. The molecular formula is C14H22O4. The number of hydrogen-bond acceptors (Lipinski definition) is 3. The van der Waals surface area contributed by atoms with Crippen LogP contribution in [0.25, 0.3) is 0 Å². The van der Waals surface area contributed by atoms with Gasteiger partial charge < -0.3 is 9.84 Å². The first kappa shape index (κ1) is 16.4. The van der Waals surface area contributed by atoms with Crippen LogP contribution in [0.15, 0.2) is 24.8 Å². The van der Waals surface area contributed by atoms with E-state index in [1.54, 1.807) is 13.0 Å². The van der Waals surface area contributed by atoms with Crippen molar-refractivity contribution in [3.05, 3.63) is 24.8 Å². The van der Waals surface area contributed by atoms with Crippen molar-refractivity contribution in [2.75, 3.05) is 0 Å². The van der Waals surface area contributed by atoms with E-state index in [2.05, 4.69) is 13.2 Å². The maximum absolute atomic E-state index is 11.9. The minimum absolute atomic E-state index is 0.0921. The van der Waals surface area contributed by atoms with E-state index in [1.807, 2.05) is 13.8 Å². The van der Waals surface area contributed by atoms with Gasteiger partial charge in [-0.05, 0) is 32.3 Å². The summed E-state index contributed by atoms with van der Waals surface area (Å²) >= 11 is 0. The van der Waals surface area contributed by atoms with E-state index in [-0.39, 0.29) is 6.42 Å². The van der Waals surface area contributed by atoms with Gasteiger partial charge in [0.2, 0.25) is 0 Å². The highest BCUT2D eigenvalue weighted by molar-refractivity contribution is 5.94. The van der Waals surface area contributed by atoms with Gasteiger partial charge in [0.1, 0.15) is 5.60 Å². The smallest absolute Gasteiger partial charge is 0.321 e. The molecule has 0 radical (unpaired) electrons. The molecule has 0 aliphatic rings. The highest BCUT2D eigenvalue weighted by atomic mass is 16.6. The minimum atomic E-state index is -1.19. The number of rotatable bonds is 8. The van der Waals surface area contributed by atoms with Gasteiger partial charge in [-0.3, -0.25) is 9.59 Å². The monoisotopic (exact) mass is 254 g/mol. The van der Waals surface area contributed by atoms with Gasteiger partial charge in [-0.1, -0.05) is 26.0 Å². The normalized spacial score (nSPS) is 12.6. The molecular weight excluding hydrogens is 232 g/mol. The fraction of sp³-hybridized carbons (Fsp3) is 0.571. The lowest BCUT2D eigenvalue weighted by atomic mass is 9.96. The Bertz CT molecular complexity index is 340. The molecule has 18 heavy (non-hydrogen) atoms. The average Bonchev–Trinajstić information content (AvgIpc) is 2.32. The van der Waals surface area contributed by atoms with E-state index in [0.29, 0.717) is 18.4 Å². The molecule has 0 aliphatic heterocycles. The van der Waals surface area contributed by atoms with Gasteiger partial charge >= 0.3 is 11.9 Å². The number of aliphatic carboxylic acids is 1. The van der Waals surface area contributed by atoms with Crippen LogP contribution in [0, 0.1) is 5.92 Å². The molecule has 4 heteroatoms. The highest BCUT2D eigenvalue weighted by Gasteiger charge is 2.34. The van der Waals surface area contributed by atoms with Crippen LogP contribution < -0.4 is 0 Å². The van der Waals surface area contributed by atoms with Crippen molar-refractivity contribution in [2.24, 2.45) is 5.92 Å². The van der Waals surface area contributed by atoms with Gasteiger partial charge in [0.15, 0.2) is 5.92 Å². The predicted octanol–water partition coefficient (Wildman–Crippen LogP) is 2.94. The average molecular weight is 254 g/mol. The van der Waals surface area contributed by atoms with E-state index < -0.39 is 23.5 Å². The Kier molecular flexibility index (Phi) is 6.37. The Morgan fingerprint density at radius 1 is 1.39 bits per heavy atom. The maximum atomic E-state index is 11.9. The van der Waals surface area contributed by atoms with Gasteiger partial charge in [0.25, 0.3) is 0 Å². The molecule has 1 atom stereocenters. The first-order valence-corrected chi connectivity index (χ1v) is 6.05. The molecule has 0 spiro atoms. The second kappa shape index (κ2) is 6.99. The zero-order valence-electron chi connectivity index (χ0n) is 11.4. The van der Waals surface area contributed by atoms with Gasteiger partial charge in [-0.25, -0.2) is 0 Å². The van der Waals surface area contributed by atoms with Crippen LogP contribution in [0.5, 0.6) is 0 Å². The van der Waals surface area contributed by atoms with Crippen LogP contribution in [0.3, 0.4) is 0 Å². The fourth-order valence-electron chi connectivity index (χ4n) is 1.62. The molecule has 4 nitrogen and oxygen atoms in total. The summed E-state index contributed by atoms with van der Waals surface area (Å²) < 4.78 is 5.33. The third-order valence-corrected chi connectivity index (χ3v) is 3.01. The third kappa shape index (κ3) is 4.35. The maximum Gasteiger partial charge on any atom is 0.321 e. The summed E-state index contributed by atoms with van der Waals surface area (Å²) in [4.78, 5) is 23.0. The number of carbonyl (C=O) groups excluding carboxylic acids is 1. The van der Waals surface area contributed by atoms with Crippen LogP contribution in [-0.4, -0.2) is 22.6 Å². The number of esters is 1. The largest absolute Gasteiger partial charge is 0.481 e. The van der Waals surface area contributed by atoms with Crippen LogP contribution in [0.4, 0.5) is 0 Å². The summed E-state index contributed by atoms with van der Waals surface area (Å²) in [7, 11) is 0. The third-order valence-electron chi connectivity index (χ3n) is 3.01. The summed E-state index contributed by atoms with van der Waals surface area (Å²) in [5.74, 6) is -3.11. The molecule has 0 heterocycles. The van der Waals surface area contributed by atoms with Crippen molar-refractivity contribution in [3.8, 4) is 0 Å². The highest BCUT2D eigenvalue weighted by Crippen LogP contribution is 2.24. The molecule has 1 unspecified atom stereocenters.